The Morgan fingerprint density at radius 1 is 1.20 bits per heavy atom. The highest BCUT2D eigenvalue weighted by atomic mass is 35.5. The van der Waals surface area contributed by atoms with Gasteiger partial charge in [0.15, 0.2) is 0 Å². The number of anilines is 1. The number of hydrogen-bond acceptors (Lipinski definition) is 4. The van der Waals surface area contributed by atoms with Gasteiger partial charge in [-0.2, -0.15) is 5.10 Å². The molecule has 9 heteroatoms. The first-order chi connectivity index (χ1) is 14.4. The summed E-state index contributed by atoms with van der Waals surface area (Å²) in [7, 11) is 0. The number of nitrogens with zero attached hydrogens (tertiary/aromatic N) is 5. The summed E-state index contributed by atoms with van der Waals surface area (Å²) >= 11 is 12.3. The van der Waals surface area contributed by atoms with Crippen molar-refractivity contribution in [2.45, 2.75) is 24.1 Å². The summed E-state index contributed by atoms with van der Waals surface area (Å²) in [4.78, 5) is 20.4. The van der Waals surface area contributed by atoms with E-state index >= 15 is 0 Å². The molecule has 2 aromatic rings. The second-order valence-corrected chi connectivity index (χ2v) is 8.42. The van der Waals surface area contributed by atoms with Gasteiger partial charge in [-0.1, -0.05) is 18.2 Å². The van der Waals surface area contributed by atoms with Crippen molar-refractivity contribution in [3.8, 4) is 5.69 Å². The van der Waals surface area contributed by atoms with Crippen LogP contribution in [-0.2, 0) is 4.79 Å². The number of aryl methyl sites for hydroxylation is 1. The molecule has 1 aliphatic carbocycles. The lowest BCUT2D eigenvalue weighted by Gasteiger charge is -2.25. The molecule has 1 aromatic carbocycles. The lowest BCUT2D eigenvalue weighted by molar-refractivity contribution is -0.129. The maximum Gasteiger partial charge on any atom is 0.224 e. The zero-order valence-electron chi connectivity index (χ0n) is 16.5. The highest BCUT2D eigenvalue weighted by molar-refractivity contribution is 6.31. The normalized spacial score (nSPS) is 22.3. The smallest absolute Gasteiger partial charge is 0.224 e. The van der Waals surface area contributed by atoms with E-state index in [2.05, 4.69) is 10.1 Å². The van der Waals surface area contributed by atoms with Gasteiger partial charge in [-0.05, 0) is 24.6 Å². The molecule has 4 rings (SSSR count). The van der Waals surface area contributed by atoms with Gasteiger partial charge in [0.2, 0.25) is 5.91 Å². The van der Waals surface area contributed by atoms with Gasteiger partial charge in [0.25, 0.3) is 0 Å². The van der Waals surface area contributed by atoms with Crippen LogP contribution in [0.3, 0.4) is 0 Å². The summed E-state index contributed by atoms with van der Waals surface area (Å²) in [5, 5.41) is 3.69. The van der Waals surface area contributed by atoms with E-state index in [4.69, 9.17) is 23.2 Å². The fraction of sp³-hybridized carbons (Fsp3) is 0.381. The number of rotatable bonds is 4. The van der Waals surface area contributed by atoms with Gasteiger partial charge >= 0.3 is 0 Å². The summed E-state index contributed by atoms with van der Waals surface area (Å²) in [6.45, 7) is 3.77. The molecule has 1 saturated heterocycles. The van der Waals surface area contributed by atoms with Crippen molar-refractivity contribution < 1.29 is 9.18 Å². The van der Waals surface area contributed by atoms with Crippen LogP contribution in [0.2, 0.25) is 0 Å². The molecule has 0 radical (unpaired) electrons. The molecular formula is C21H22Cl2FN5O. The van der Waals surface area contributed by atoms with Gasteiger partial charge in [-0.3, -0.25) is 4.79 Å². The molecule has 1 aromatic heterocycles. The molecule has 1 aliphatic heterocycles. The highest BCUT2D eigenvalue weighted by Gasteiger charge is 2.24. The Morgan fingerprint density at radius 2 is 2.03 bits per heavy atom. The zero-order valence-corrected chi connectivity index (χ0v) is 18.0. The molecule has 2 aliphatic rings. The van der Waals surface area contributed by atoms with Crippen molar-refractivity contribution >= 4 is 34.8 Å². The summed E-state index contributed by atoms with van der Waals surface area (Å²) < 4.78 is 16.4. The molecule has 0 saturated carbocycles. The van der Waals surface area contributed by atoms with E-state index in [-0.39, 0.29) is 22.5 Å². The Hall–Kier alpha value is -2.38. The van der Waals surface area contributed by atoms with Crippen molar-refractivity contribution in [3.05, 3.63) is 60.0 Å². The molecule has 1 amide bonds. The minimum Gasteiger partial charge on any atom is -0.367 e. The van der Waals surface area contributed by atoms with Crippen molar-refractivity contribution in [3.63, 3.8) is 0 Å². The Morgan fingerprint density at radius 3 is 2.73 bits per heavy atom. The highest BCUT2D eigenvalue weighted by Crippen LogP contribution is 2.25. The van der Waals surface area contributed by atoms with Crippen molar-refractivity contribution in [1.29, 1.82) is 0 Å². The lowest BCUT2D eigenvalue weighted by atomic mass is 10.1. The molecule has 2 atom stereocenters. The summed E-state index contributed by atoms with van der Waals surface area (Å²) in [5.74, 6) is 0.314. The van der Waals surface area contributed by atoms with Gasteiger partial charge in [0.1, 0.15) is 18.0 Å². The van der Waals surface area contributed by atoms with E-state index < -0.39 is 0 Å². The first-order valence-corrected chi connectivity index (χ1v) is 10.7. The Balaban J connectivity index is 1.45. The minimum absolute atomic E-state index is 0.0426. The van der Waals surface area contributed by atoms with E-state index in [0.29, 0.717) is 49.8 Å². The molecule has 0 spiro atoms. The Kier molecular flexibility index (Phi) is 6.11. The molecule has 6 nitrogen and oxygen atoms in total. The van der Waals surface area contributed by atoms with Crippen LogP contribution in [0.4, 0.5) is 10.1 Å². The van der Waals surface area contributed by atoms with Gasteiger partial charge < -0.3 is 9.80 Å². The van der Waals surface area contributed by atoms with Crippen LogP contribution >= 0.6 is 23.2 Å². The zero-order chi connectivity index (χ0) is 21.3. The van der Waals surface area contributed by atoms with Gasteiger partial charge in [-0.25, -0.2) is 14.1 Å². The first kappa shape index (κ1) is 20.9. The largest absolute Gasteiger partial charge is 0.367 e. The third-order valence-corrected chi connectivity index (χ3v) is 6.22. The number of halogens is 3. The fourth-order valence-electron chi connectivity index (χ4n) is 3.64. The van der Waals surface area contributed by atoms with Crippen LogP contribution in [0.15, 0.2) is 48.3 Å². The molecular weight excluding hydrogens is 428 g/mol. The topological polar surface area (TPSA) is 54.3 Å². The second kappa shape index (κ2) is 8.78. The fourth-order valence-corrected chi connectivity index (χ4v) is 4.03. The van der Waals surface area contributed by atoms with Gasteiger partial charge in [0, 0.05) is 38.7 Å². The van der Waals surface area contributed by atoms with Crippen molar-refractivity contribution in [2.75, 3.05) is 31.1 Å². The molecule has 1 fully saturated rings. The lowest BCUT2D eigenvalue weighted by Crippen LogP contribution is -2.35. The average molecular weight is 450 g/mol. The van der Waals surface area contributed by atoms with Crippen LogP contribution in [0, 0.1) is 12.7 Å². The molecule has 0 bridgehead atoms. The number of hydrogen-bond donors (Lipinski definition) is 0. The average Bonchev–Trinajstić information content (AvgIpc) is 3.08. The van der Waals surface area contributed by atoms with Gasteiger partial charge in [0.05, 0.1) is 22.1 Å². The summed E-state index contributed by atoms with van der Waals surface area (Å²) in [6, 6.07) is 4.97. The maximum absolute atomic E-state index is 14.9. The van der Waals surface area contributed by atoms with Crippen LogP contribution < -0.4 is 4.90 Å². The Labute approximate surface area is 184 Å². The Bertz CT molecular complexity index is 1010. The third kappa shape index (κ3) is 4.52. The number of benzene rings is 1. The molecule has 0 N–H and O–H groups in total. The maximum atomic E-state index is 14.9. The monoisotopic (exact) mass is 449 g/mol. The molecule has 2 heterocycles. The quantitative estimate of drug-likeness (QED) is 0.670. The second-order valence-electron chi connectivity index (χ2n) is 7.41. The number of amides is 1. The van der Waals surface area contributed by atoms with Crippen LogP contribution in [0.5, 0.6) is 0 Å². The van der Waals surface area contributed by atoms with E-state index in [9.17, 15) is 9.18 Å². The van der Waals surface area contributed by atoms with Crippen LogP contribution in [0.1, 0.15) is 12.2 Å². The van der Waals surface area contributed by atoms with Crippen LogP contribution in [0.25, 0.3) is 5.69 Å². The summed E-state index contributed by atoms with van der Waals surface area (Å²) in [6.07, 6.45) is 7.52. The predicted octanol–water partition coefficient (Wildman–Crippen LogP) is 3.46. The van der Waals surface area contributed by atoms with Gasteiger partial charge in [-0.15, -0.1) is 23.2 Å². The van der Waals surface area contributed by atoms with E-state index in [1.807, 2.05) is 23.1 Å². The minimum atomic E-state index is -0.349. The van der Waals surface area contributed by atoms with Crippen molar-refractivity contribution in [1.82, 2.24) is 19.7 Å². The summed E-state index contributed by atoms with van der Waals surface area (Å²) in [5.41, 5.74) is 2.05. The number of alkyl halides is 2. The number of aromatic nitrogens is 3. The number of carbonyl (C=O) groups is 1. The standard InChI is InChI=1S/C21H22Cl2FN5O/c1-14-25-13-29(26-14)16-3-5-20(19(24)11-16)27-7-6-21(30)28(9-8-27)12-15-2-4-17(22)18(23)10-15/h2-5,10-11,13,17-18H,6-9,12H2,1H3. The number of allylic oxidation sites excluding steroid dienone is 2. The van der Waals surface area contributed by atoms with E-state index in [1.165, 1.54) is 10.7 Å². The SMILES string of the molecule is Cc1ncn(-c2ccc(N3CCC(=O)N(CC4=CC(Cl)C(Cl)C=C4)CC3)c(F)c2)n1. The van der Waals surface area contributed by atoms with Crippen molar-refractivity contribution in [2.24, 2.45) is 0 Å². The number of carbonyl (C=O) groups excluding carboxylic acids is 1. The third-order valence-electron chi connectivity index (χ3n) is 5.28. The predicted molar refractivity (Wildman–Crippen MR) is 116 cm³/mol. The molecule has 158 valence electrons. The van der Waals surface area contributed by atoms with E-state index in [1.54, 1.807) is 30.3 Å². The first-order valence-electron chi connectivity index (χ1n) is 9.78. The van der Waals surface area contributed by atoms with Crippen LogP contribution in [-0.4, -0.2) is 62.5 Å². The molecule has 30 heavy (non-hydrogen) atoms. The molecule has 2 unspecified atom stereocenters. The van der Waals surface area contributed by atoms with E-state index in [0.717, 1.165) is 5.57 Å².